The molecule has 90 valence electrons. The largest absolute Gasteiger partial charge is 0.486 e. The highest BCUT2D eigenvalue weighted by Gasteiger charge is 2.29. The molecule has 0 aliphatic heterocycles. The predicted octanol–water partition coefficient (Wildman–Crippen LogP) is 3.47. The van der Waals surface area contributed by atoms with Crippen LogP contribution in [0.4, 0.5) is 0 Å². The summed E-state index contributed by atoms with van der Waals surface area (Å²) in [5, 5.41) is 9.96. The minimum atomic E-state index is 0.441. The summed E-state index contributed by atoms with van der Waals surface area (Å²) in [6, 6.07) is 11.9. The van der Waals surface area contributed by atoms with Crippen LogP contribution < -0.4 is 4.74 Å². The Morgan fingerprint density at radius 1 is 1.33 bits per heavy atom. The minimum absolute atomic E-state index is 0.441. The number of nitrogens with zero attached hydrogens (tertiary/aromatic N) is 2. The third-order valence-electron chi connectivity index (χ3n) is 2.87. The van der Waals surface area contributed by atoms with E-state index in [2.05, 4.69) is 11.1 Å². The molecule has 0 atom stereocenters. The van der Waals surface area contributed by atoms with Crippen LogP contribution in [0, 0.1) is 11.3 Å². The van der Waals surface area contributed by atoms with Gasteiger partial charge in [-0.3, -0.25) is 0 Å². The summed E-state index contributed by atoms with van der Waals surface area (Å²) in [7, 11) is 0. The second kappa shape index (κ2) is 4.79. The van der Waals surface area contributed by atoms with E-state index in [9.17, 15) is 0 Å². The van der Waals surface area contributed by atoms with Crippen molar-refractivity contribution in [3.63, 3.8) is 0 Å². The van der Waals surface area contributed by atoms with E-state index in [0.29, 0.717) is 12.5 Å². The summed E-state index contributed by atoms with van der Waals surface area (Å²) >= 11 is 1.45. The molecule has 1 aliphatic rings. The van der Waals surface area contributed by atoms with Crippen molar-refractivity contribution in [2.75, 3.05) is 0 Å². The number of hydrogen-bond donors (Lipinski definition) is 0. The van der Waals surface area contributed by atoms with Crippen molar-refractivity contribution in [2.45, 2.75) is 25.4 Å². The number of rotatable bonds is 4. The smallest absolute Gasteiger partial charge is 0.140 e. The van der Waals surface area contributed by atoms with Crippen molar-refractivity contribution >= 4 is 11.3 Å². The highest BCUT2D eigenvalue weighted by Crippen LogP contribution is 2.42. The lowest BCUT2D eigenvalue weighted by molar-refractivity contribution is 0.305. The van der Waals surface area contributed by atoms with E-state index in [1.807, 2.05) is 30.3 Å². The van der Waals surface area contributed by atoms with Gasteiger partial charge in [0.05, 0.1) is 5.69 Å². The van der Waals surface area contributed by atoms with Crippen LogP contribution in [0.1, 0.15) is 34.3 Å². The topological polar surface area (TPSA) is 45.9 Å². The number of thiazole rings is 1. The lowest BCUT2D eigenvalue weighted by Gasteiger charge is -2.02. The van der Waals surface area contributed by atoms with Gasteiger partial charge in [0, 0.05) is 5.92 Å². The first-order valence-corrected chi connectivity index (χ1v) is 6.76. The quantitative estimate of drug-likeness (QED) is 0.841. The summed E-state index contributed by atoms with van der Waals surface area (Å²) in [4.78, 5) is 5.28. The molecule has 1 saturated carbocycles. The summed E-state index contributed by atoms with van der Waals surface area (Å²) in [5.74, 6) is 1.35. The van der Waals surface area contributed by atoms with Crippen molar-refractivity contribution in [3.8, 4) is 11.8 Å². The van der Waals surface area contributed by atoms with Crippen molar-refractivity contribution in [3.05, 3.63) is 45.9 Å². The zero-order chi connectivity index (χ0) is 12.4. The van der Waals surface area contributed by atoms with E-state index in [-0.39, 0.29) is 0 Å². The first kappa shape index (κ1) is 11.2. The molecule has 0 spiro atoms. The fourth-order valence-electron chi connectivity index (χ4n) is 1.82. The number of ether oxygens (including phenoxy) is 1. The van der Waals surface area contributed by atoms with Crippen molar-refractivity contribution in [1.82, 2.24) is 4.98 Å². The molecule has 18 heavy (non-hydrogen) atoms. The normalized spacial score (nSPS) is 14.2. The third-order valence-corrected chi connectivity index (χ3v) is 3.82. The Bertz CT molecular complexity index is 582. The van der Waals surface area contributed by atoms with Gasteiger partial charge in [-0.15, -0.1) is 11.3 Å². The van der Waals surface area contributed by atoms with Gasteiger partial charge in [0.1, 0.15) is 28.3 Å². The second-order valence-corrected chi connectivity index (χ2v) is 5.39. The van der Waals surface area contributed by atoms with Gasteiger partial charge in [-0.25, -0.2) is 4.98 Å². The molecule has 0 N–H and O–H groups in total. The van der Waals surface area contributed by atoms with Crippen LogP contribution in [0.5, 0.6) is 5.75 Å². The molecule has 0 bridgehead atoms. The van der Waals surface area contributed by atoms with Gasteiger partial charge < -0.3 is 4.74 Å². The molecule has 1 aromatic carbocycles. The lowest BCUT2D eigenvalue weighted by atomic mass is 10.3. The Morgan fingerprint density at radius 2 is 2.11 bits per heavy atom. The molecular weight excluding hydrogens is 244 g/mol. The van der Waals surface area contributed by atoms with E-state index >= 15 is 0 Å². The number of hydrogen-bond acceptors (Lipinski definition) is 4. The molecule has 1 fully saturated rings. The molecule has 0 radical (unpaired) electrons. The Kier molecular flexibility index (Phi) is 2.99. The van der Waals surface area contributed by atoms with Crippen LogP contribution in [0.25, 0.3) is 0 Å². The fourth-order valence-corrected chi connectivity index (χ4v) is 2.68. The number of nitriles is 1. The standard InChI is InChI=1S/C14H12N2OS/c15-8-12-14(10-6-7-10)16-13(18-12)9-17-11-4-2-1-3-5-11/h1-5,10H,6-7,9H2. The van der Waals surface area contributed by atoms with Crippen LogP contribution in [0.15, 0.2) is 30.3 Å². The molecule has 3 nitrogen and oxygen atoms in total. The molecule has 1 heterocycles. The zero-order valence-corrected chi connectivity index (χ0v) is 10.6. The molecule has 4 heteroatoms. The number of benzene rings is 1. The van der Waals surface area contributed by atoms with Gasteiger partial charge in [0.2, 0.25) is 0 Å². The van der Waals surface area contributed by atoms with Crippen molar-refractivity contribution in [1.29, 1.82) is 5.26 Å². The molecule has 1 aromatic heterocycles. The zero-order valence-electron chi connectivity index (χ0n) is 9.80. The summed E-state index contributed by atoms with van der Waals surface area (Å²) in [6.07, 6.45) is 2.33. The molecular formula is C14H12N2OS. The van der Waals surface area contributed by atoms with Crippen LogP contribution in [-0.4, -0.2) is 4.98 Å². The highest BCUT2D eigenvalue weighted by molar-refractivity contribution is 7.12. The van der Waals surface area contributed by atoms with Gasteiger partial charge in [-0.1, -0.05) is 18.2 Å². The number of para-hydroxylation sites is 1. The molecule has 1 aliphatic carbocycles. The summed E-state index contributed by atoms with van der Waals surface area (Å²) in [6.45, 7) is 0.441. The molecule has 2 aromatic rings. The van der Waals surface area contributed by atoms with E-state index in [0.717, 1.165) is 34.2 Å². The van der Waals surface area contributed by atoms with E-state index in [1.54, 1.807) is 0 Å². The maximum Gasteiger partial charge on any atom is 0.140 e. The fraction of sp³-hybridized carbons (Fsp3) is 0.286. The van der Waals surface area contributed by atoms with Crippen molar-refractivity contribution in [2.24, 2.45) is 0 Å². The Morgan fingerprint density at radius 3 is 2.78 bits per heavy atom. The van der Waals surface area contributed by atoms with Crippen molar-refractivity contribution < 1.29 is 4.74 Å². The minimum Gasteiger partial charge on any atom is -0.486 e. The van der Waals surface area contributed by atoms with Gasteiger partial charge in [0.25, 0.3) is 0 Å². The summed E-state index contributed by atoms with van der Waals surface area (Å²) in [5.41, 5.74) is 0.981. The van der Waals surface area contributed by atoms with Gasteiger partial charge in [-0.05, 0) is 25.0 Å². The van der Waals surface area contributed by atoms with Gasteiger partial charge in [0.15, 0.2) is 0 Å². The first-order chi connectivity index (χ1) is 8.86. The highest BCUT2D eigenvalue weighted by atomic mass is 32.1. The van der Waals surface area contributed by atoms with Crippen LogP contribution in [-0.2, 0) is 6.61 Å². The van der Waals surface area contributed by atoms with Gasteiger partial charge >= 0.3 is 0 Å². The third kappa shape index (κ3) is 2.36. The van der Waals surface area contributed by atoms with E-state index < -0.39 is 0 Å². The maximum atomic E-state index is 9.07. The average molecular weight is 256 g/mol. The second-order valence-electron chi connectivity index (χ2n) is 4.31. The maximum absolute atomic E-state index is 9.07. The number of aromatic nitrogens is 1. The van der Waals surface area contributed by atoms with Crippen LogP contribution in [0.2, 0.25) is 0 Å². The first-order valence-electron chi connectivity index (χ1n) is 5.94. The molecule has 3 rings (SSSR count). The van der Waals surface area contributed by atoms with E-state index in [1.165, 1.54) is 11.3 Å². The monoisotopic (exact) mass is 256 g/mol. The molecule has 0 amide bonds. The van der Waals surface area contributed by atoms with Gasteiger partial charge in [-0.2, -0.15) is 5.26 Å². The lowest BCUT2D eigenvalue weighted by Crippen LogP contribution is -1.94. The Hall–Kier alpha value is -1.86. The van der Waals surface area contributed by atoms with E-state index in [4.69, 9.17) is 10.00 Å². The Labute approximate surface area is 110 Å². The van der Waals surface area contributed by atoms with Crippen LogP contribution >= 0.6 is 11.3 Å². The predicted molar refractivity (Wildman–Crippen MR) is 69.6 cm³/mol. The molecule has 0 saturated heterocycles. The molecule has 0 unspecified atom stereocenters. The average Bonchev–Trinajstić information content (AvgIpc) is 3.18. The SMILES string of the molecule is N#Cc1sc(COc2ccccc2)nc1C1CC1. The summed E-state index contributed by atoms with van der Waals surface area (Å²) < 4.78 is 5.64. The Balaban J connectivity index is 1.72. The van der Waals surface area contributed by atoms with Crippen LogP contribution in [0.3, 0.4) is 0 Å².